The lowest BCUT2D eigenvalue weighted by molar-refractivity contribution is 0.477. The van der Waals surface area contributed by atoms with Crippen LogP contribution in [0.5, 0.6) is 11.5 Å². The Hall–Kier alpha value is -6.12. The van der Waals surface area contributed by atoms with Crippen LogP contribution in [0, 0.1) is 0 Å². The summed E-state index contributed by atoms with van der Waals surface area (Å²) >= 11 is 0. The Balaban J connectivity index is 1.23. The van der Waals surface area contributed by atoms with Crippen molar-refractivity contribution in [2.45, 2.75) is 0 Å². The second-order valence-electron chi connectivity index (χ2n) is 12.1. The fraction of sp³-hybridized carbons (Fsp3) is 0. The third-order valence-corrected chi connectivity index (χ3v) is 9.53. The van der Waals surface area contributed by atoms with Crippen molar-refractivity contribution in [2.75, 3.05) is 4.90 Å². The van der Waals surface area contributed by atoms with E-state index in [2.05, 4.69) is 144 Å². The second-order valence-corrected chi connectivity index (χ2v) is 12.1. The summed E-state index contributed by atoms with van der Waals surface area (Å²) in [5.74, 6) is 1.72. The number of nitrogens with zero attached hydrogens (tertiary/aromatic N) is 1. The lowest BCUT2D eigenvalue weighted by atomic mass is 9.70. The first-order chi connectivity index (χ1) is 22.8. The van der Waals surface area contributed by atoms with E-state index in [-0.39, 0.29) is 0 Å². The molecule has 0 fully saturated rings. The van der Waals surface area contributed by atoms with Gasteiger partial charge in [0, 0.05) is 5.69 Å². The zero-order chi connectivity index (χ0) is 30.2. The Morgan fingerprint density at radius 2 is 0.848 bits per heavy atom. The molecule has 0 aromatic heterocycles. The van der Waals surface area contributed by atoms with Crippen LogP contribution < -0.4 is 9.64 Å². The van der Waals surface area contributed by atoms with Crippen LogP contribution >= 0.6 is 0 Å². The zero-order valence-corrected chi connectivity index (χ0v) is 24.9. The highest BCUT2D eigenvalue weighted by Crippen LogP contribution is 2.60. The molecule has 0 saturated heterocycles. The average Bonchev–Trinajstić information content (AvgIpc) is 3.12. The van der Waals surface area contributed by atoms with E-state index in [0.29, 0.717) is 0 Å². The van der Waals surface area contributed by atoms with E-state index in [1.165, 1.54) is 66.1 Å². The molecule has 46 heavy (non-hydrogen) atoms. The van der Waals surface area contributed by atoms with Crippen LogP contribution in [0.2, 0.25) is 0 Å². The van der Waals surface area contributed by atoms with Crippen LogP contribution in [0.25, 0.3) is 66.1 Å². The molecular formula is C44H27NO. The molecule has 0 spiro atoms. The molecule has 1 aliphatic heterocycles. The van der Waals surface area contributed by atoms with Crippen LogP contribution in [0.3, 0.4) is 0 Å². The number of hydrogen-bond acceptors (Lipinski definition) is 2. The zero-order valence-electron chi connectivity index (χ0n) is 24.9. The van der Waals surface area contributed by atoms with Gasteiger partial charge >= 0.3 is 0 Å². The Kier molecular flexibility index (Phi) is 5.31. The molecule has 2 aliphatic rings. The summed E-state index contributed by atoms with van der Waals surface area (Å²) in [6.07, 6.45) is 0. The van der Waals surface area contributed by atoms with E-state index in [0.717, 1.165) is 28.6 Å². The van der Waals surface area contributed by atoms with Crippen molar-refractivity contribution in [1.82, 2.24) is 0 Å². The minimum absolute atomic E-state index is 0.861. The van der Waals surface area contributed by atoms with E-state index >= 15 is 0 Å². The van der Waals surface area contributed by atoms with Gasteiger partial charge in [0.25, 0.3) is 0 Å². The number of para-hydroxylation sites is 4. The Morgan fingerprint density at radius 3 is 1.41 bits per heavy atom. The van der Waals surface area contributed by atoms with Crippen molar-refractivity contribution in [1.29, 1.82) is 0 Å². The summed E-state index contributed by atoms with van der Waals surface area (Å²) in [5.41, 5.74) is 13.6. The van der Waals surface area contributed by atoms with Gasteiger partial charge < -0.3 is 9.64 Å². The summed E-state index contributed by atoms with van der Waals surface area (Å²) in [6.45, 7) is 0. The van der Waals surface area contributed by atoms with Crippen molar-refractivity contribution >= 4 is 38.6 Å². The largest absolute Gasteiger partial charge is 0.453 e. The molecule has 0 atom stereocenters. The fourth-order valence-corrected chi connectivity index (χ4v) is 7.54. The van der Waals surface area contributed by atoms with Crippen LogP contribution in [0.4, 0.5) is 17.1 Å². The van der Waals surface area contributed by atoms with Crippen LogP contribution in [0.1, 0.15) is 0 Å². The maximum absolute atomic E-state index is 6.30. The van der Waals surface area contributed by atoms with Gasteiger partial charge in [-0.15, -0.1) is 0 Å². The first-order valence-corrected chi connectivity index (χ1v) is 15.8. The minimum atomic E-state index is 0.861. The molecule has 2 nitrogen and oxygen atoms in total. The van der Waals surface area contributed by atoms with Crippen molar-refractivity contribution in [2.24, 2.45) is 0 Å². The van der Waals surface area contributed by atoms with Crippen molar-refractivity contribution in [3.8, 4) is 56.0 Å². The lowest BCUT2D eigenvalue weighted by Crippen LogP contribution is -2.15. The first kappa shape index (κ1) is 25.2. The number of benzene rings is 8. The molecule has 0 bridgehead atoms. The van der Waals surface area contributed by atoms with E-state index in [1.54, 1.807) is 0 Å². The van der Waals surface area contributed by atoms with E-state index in [4.69, 9.17) is 4.74 Å². The van der Waals surface area contributed by atoms with Crippen LogP contribution in [-0.2, 0) is 0 Å². The smallest absolute Gasteiger partial charge is 0.151 e. The van der Waals surface area contributed by atoms with Gasteiger partial charge in [-0.2, -0.15) is 0 Å². The normalized spacial score (nSPS) is 12.5. The summed E-state index contributed by atoms with van der Waals surface area (Å²) < 4.78 is 6.30. The standard InChI is InChI=1S/C44H27NO/c1-3-13-28(14-4-1)41-33-17-7-8-18-34(33)42(29-15-5-2-6-16-29)44-36-27-31-25-32(24-23-30(31)26-35(36)43(41)44)45-37-19-9-11-21-39(37)46-40-22-12-10-20-38(40)45/h1-27H. The predicted molar refractivity (Wildman–Crippen MR) is 192 cm³/mol. The quantitative estimate of drug-likeness (QED) is 0.204. The summed E-state index contributed by atoms with van der Waals surface area (Å²) in [5, 5.41) is 5.03. The molecule has 1 aliphatic carbocycles. The third-order valence-electron chi connectivity index (χ3n) is 9.53. The van der Waals surface area contributed by atoms with Gasteiger partial charge in [-0.3, -0.25) is 0 Å². The summed E-state index contributed by atoms with van der Waals surface area (Å²) in [7, 11) is 0. The number of hydrogen-bond donors (Lipinski definition) is 0. The van der Waals surface area contributed by atoms with Crippen molar-refractivity contribution in [3.63, 3.8) is 0 Å². The molecule has 8 aromatic carbocycles. The van der Waals surface area contributed by atoms with E-state index in [9.17, 15) is 0 Å². The van der Waals surface area contributed by atoms with Gasteiger partial charge in [-0.25, -0.2) is 0 Å². The summed E-state index contributed by atoms with van der Waals surface area (Å²) in [4.78, 5) is 2.32. The molecule has 0 unspecified atom stereocenters. The second kappa shape index (κ2) is 9.69. The minimum Gasteiger partial charge on any atom is -0.453 e. The molecule has 214 valence electrons. The monoisotopic (exact) mass is 585 g/mol. The Labute approximate surface area is 267 Å². The van der Waals surface area contributed by atoms with Gasteiger partial charge in [0.2, 0.25) is 0 Å². The molecule has 0 amide bonds. The number of anilines is 3. The van der Waals surface area contributed by atoms with Gasteiger partial charge in [0.15, 0.2) is 11.5 Å². The molecule has 2 heteroatoms. The number of fused-ring (bicyclic) bond motifs is 8. The van der Waals surface area contributed by atoms with Crippen molar-refractivity contribution in [3.05, 3.63) is 164 Å². The molecule has 10 rings (SSSR count). The Morgan fingerprint density at radius 1 is 0.370 bits per heavy atom. The topological polar surface area (TPSA) is 12.5 Å². The van der Waals surface area contributed by atoms with Crippen LogP contribution in [0.15, 0.2) is 164 Å². The van der Waals surface area contributed by atoms with Crippen molar-refractivity contribution < 1.29 is 4.74 Å². The molecule has 8 aromatic rings. The predicted octanol–water partition coefficient (Wildman–Crippen LogP) is 12.5. The molecule has 0 saturated carbocycles. The Bertz CT molecular complexity index is 2450. The molecule has 1 heterocycles. The molecule has 0 radical (unpaired) electrons. The lowest BCUT2D eigenvalue weighted by Gasteiger charge is -2.34. The third kappa shape index (κ3) is 3.59. The highest BCUT2D eigenvalue weighted by Gasteiger charge is 2.33. The SMILES string of the molecule is c1ccc(-c2c3c(c(-c4ccccc4)c4ccccc24)-c2cc4cc(N5c6ccccc6Oc6ccccc65)ccc4cc2-3)cc1. The van der Waals surface area contributed by atoms with Gasteiger partial charge in [0.1, 0.15) is 0 Å². The maximum Gasteiger partial charge on any atom is 0.151 e. The van der Waals surface area contributed by atoms with E-state index < -0.39 is 0 Å². The number of ether oxygens (including phenoxy) is 1. The highest BCUT2D eigenvalue weighted by atomic mass is 16.5. The fourth-order valence-electron chi connectivity index (χ4n) is 7.54. The first-order valence-electron chi connectivity index (χ1n) is 15.8. The molecule has 0 N–H and O–H groups in total. The average molecular weight is 586 g/mol. The van der Waals surface area contributed by atoms with Gasteiger partial charge in [0.05, 0.1) is 11.4 Å². The number of rotatable bonds is 3. The summed E-state index contributed by atoms with van der Waals surface area (Å²) in [6, 6.07) is 58.8. The van der Waals surface area contributed by atoms with E-state index in [1.807, 2.05) is 24.3 Å². The van der Waals surface area contributed by atoms with Gasteiger partial charge in [-0.05, 0) is 115 Å². The molecular weight excluding hydrogens is 558 g/mol. The maximum atomic E-state index is 6.30. The highest BCUT2D eigenvalue weighted by molar-refractivity contribution is 6.26. The van der Waals surface area contributed by atoms with Gasteiger partial charge in [-0.1, -0.05) is 115 Å². The van der Waals surface area contributed by atoms with Crippen LogP contribution in [-0.4, -0.2) is 0 Å².